The maximum Gasteiger partial charge on any atom is 0.122 e. The van der Waals surface area contributed by atoms with Gasteiger partial charge in [0, 0.05) is 5.92 Å². The van der Waals surface area contributed by atoms with Gasteiger partial charge in [0.15, 0.2) is 0 Å². The lowest BCUT2D eigenvalue weighted by Crippen LogP contribution is -2.52. The smallest absolute Gasteiger partial charge is 0.122 e. The van der Waals surface area contributed by atoms with Crippen molar-refractivity contribution < 1.29 is 10.2 Å². The molecule has 3 heteroatoms. The maximum absolute atomic E-state index is 10.2. The van der Waals surface area contributed by atoms with Crippen molar-refractivity contribution in [3.05, 3.63) is 12.7 Å². The van der Waals surface area contributed by atoms with Gasteiger partial charge < -0.3 is 10.2 Å². The normalized spacial score (nSPS) is 22.1. The van der Waals surface area contributed by atoms with Crippen molar-refractivity contribution >= 4 is 0 Å². The highest BCUT2D eigenvalue weighted by Gasteiger charge is 2.36. The molecule has 3 nitrogen and oxygen atoms in total. The number of rotatable bonds is 6. The molecule has 14 heavy (non-hydrogen) atoms. The first-order valence-corrected chi connectivity index (χ1v) is 5.14. The first kappa shape index (κ1) is 13.6. The summed E-state index contributed by atoms with van der Waals surface area (Å²) in [6.07, 6.45) is 1.83. The minimum Gasteiger partial charge on any atom is -0.393 e. The molecule has 0 fully saturated rings. The van der Waals surface area contributed by atoms with E-state index in [1.54, 1.807) is 20.0 Å². The summed E-state index contributed by atoms with van der Waals surface area (Å²) < 4.78 is 0. The Morgan fingerprint density at radius 3 is 2.21 bits per heavy atom. The molecule has 0 amide bonds. The topological polar surface area (TPSA) is 52.5 Å². The molecular formula is C11H23NO2. The van der Waals surface area contributed by atoms with Crippen molar-refractivity contribution in [2.75, 3.05) is 7.05 Å². The largest absolute Gasteiger partial charge is 0.393 e. The molecule has 0 aliphatic rings. The summed E-state index contributed by atoms with van der Waals surface area (Å²) >= 11 is 0. The van der Waals surface area contributed by atoms with Gasteiger partial charge in [-0.05, 0) is 26.3 Å². The molecule has 4 atom stereocenters. The molecule has 0 saturated heterocycles. The predicted molar refractivity (Wildman–Crippen MR) is 58.8 cm³/mol. The fraction of sp³-hybridized carbons (Fsp3) is 0.818. The van der Waals surface area contributed by atoms with E-state index in [1.807, 2.05) is 13.8 Å². The van der Waals surface area contributed by atoms with Gasteiger partial charge in [-0.3, -0.25) is 5.32 Å². The molecule has 0 aromatic carbocycles. The van der Waals surface area contributed by atoms with Crippen LogP contribution < -0.4 is 5.32 Å². The highest BCUT2D eigenvalue weighted by molar-refractivity contribution is 4.96. The van der Waals surface area contributed by atoms with Crippen LogP contribution in [0.1, 0.15) is 27.2 Å². The van der Waals surface area contributed by atoms with E-state index >= 15 is 0 Å². The average Bonchev–Trinajstić information content (AvgIpc) is 2.18. The lowest BCUT2D eigenvalue weighted by molar-refractivity contribution is -0.0655. The summed E-state index contributed by atoms with van der Waals surface area (Å²) in [5, 5.41) is 22.6. The van der Waals surface area contributed by atoms with Gasteiger partial charge in [0.25, 0.3) is 0 Å². The Kier molecular flexibility index (Phi) is 5.34. The van der Waals surface area contributed by atoms with Crippen LogP contribution in [0.3, 0.4) is 0 Å². The van der Waals surface area contributed by atoms with Crippen molar-refractivity contribution in [1.29, 1.82) is 0 Å². The molecule has 0 aromatic rings. The molecule has 0 bridgehead atoms. The molecule has 84 valence electrons. The van der Waals surface area contributed by atoms with Crippen LogP contribution in [0.2, 0.25) is 0 Å². The molecular weight excluding hydrogens is 178 g/mol. The lowest BCUT2D eigenvalue weighted by atomic mass is 9.80. The average molecular weight is 201 g/mol. The summed E-state index contributed by atoms with van der Waals surface area (Å²) in [4.78, 5) is 0. The summed E-state index contributed by atoms with van der Waals surface area (Å²) in [6.45, 7) is 9.26. The van der Waals surface area contributed by atoms with Crippen LogP contribution in [-0.4, -0.2) is 29.1 Å². The number of nitrogens with one attached hydrogen (secondary N) is 1. The number of aliphatic hydroxyl groups is 2. The second-order valence-electron chi connectivity index (χ2n) is 3.89. The van der Waals surface area contributed by atoms with Crippen LogP contribution in [0.25, 0.3) is 0 Å². The van der Waals surface area contributed by atoms with E-state index < -0.39 is 11.8 Å². The highest BCUT2D eigenvalue weighted by atomic mass is 16.3. The SMILES string of the molecule is C=CC(C(C)[C@@H](C)O)C(O)(CC)NC. The Morgan fingerprint density at radius 2 is 2.00 bits per heavy atom. The molecule has 0 saturated carbocycles. The Morgan fingerprint density at radius 1 is 1.50 bits per heavy atom. The standard InChI is InChI=1S/C11H23NO2/c1-6-10(8(3)9(4)13)11(14,7-2)12-5/h6,8-10,12-14H,1,7H2,2-5H3/t8?,9-,10?,11?/m1/s1. The fourth-order valence-electron chi connectivity index (χ4n) is 1.72. The zero-order chi connectivity index (χ0) is 11.4. The zero-order valence-electron chi connectivity index (χ0n) is 9.62. The van der Waals surface area contributed by atoms with Gasteiger partial charge in [-0.2, -0.15) is 0 Å². The second kappa shape index (κ2) is 5.49. The van der Waals surface area contributed by atoms with Crippen LogP contribution in [0.15, 0.2) is 12.7 Å². The quantitative estimate of drug-likeness (QED) is 0.446. The maximum atomic E-state index is 10.2. The fourth-order valence-corrected chi connectivity index (χ4v) is 1.72. The van der Waals surface area contributed by atoms with E-state index in [9.17, 15) is 10.2 Å². The molecule has 3 unspecified atom stereocenters. The molecule has 0 heterocycles. The summed E-state index contributed by atoms with van der Waals surface area (Å²) in [6, 6.07) is 0. The summed E-state index contributed by atoms with van der Waals surface area (Å²) in [7, 11) is 1.72. The molecule has 0 radical (unpaired) electrons. The van der Waals surface area contributed by atoms with Gasteiger partial charge in [0.1, 0.15) is 5.72 Å². The first-order valence-electron chi connectivity index (χ1n) is 5.14. The van der Waals surface area contributed by atoms with Crippen LogP contribution >= 0.6 is 0 Å². The third-order valence-corrected chi connectivity index (χ3v) is 3.10. The van der Waals surface area contributed by atoms with Crippen molar-refractivity contribution in [2.24, 2.45) is 11.8 Å². The van der Waals surface area contributed by atoms with Crippen molar-refractivity contribution in [1.82, 2.24) is 5.32 Å². The monoisotopic (exact) mass is 201 g/mol. The Labute approximate surface area is 86.8 Å². The van der Waals surface area contributed by atoms with Gasteiger partial charge in [0.2, 0.25) is 0 Å². The van der Waals surface area contributed by atoms with E-state index in [-0.39, 0.29) is 11.8 Å². The minimum absolute atomic E-state index is 0.0232. The molecule has 0 spiro atoms. The molecule has 0 rings (SSSR count). The summed E-state index contributed by atoms with van der Waals surface area (Å²) in [5.74, 6) is -0.178. The third kappa shape index (κ3) is 2.80. The van der Waals surface area contributed by atoms with E-state index in [2.05, 4.69) is 11.9 Å². The molecule has 0 aliphatic heterocycles. The van der Waals surface area contributed by atoms with Gasteiger partial charge in [-0.25, -0.2) is 0 Å². The van der Waals surface area contributed by atoms with Gasteiger partial charge >= 0.3 is 0 Å². The Balaban J connectivity index is 4.77. The van der Waals surface area contributed by atoms with E-state index in [1.165, 1.54) is 0 Å². The van der Waals surface area contributed by atoms with Crippen molar-refractivity contribution in [3.8, 4) is 0 Å². The van der Waals surface area contributed by atoms with E-state index in [0.717, 1.165) is 0 Å². The van der Waals surface area contributed by atoms with Crippen LogP contribution in [0.5, 0.6) is 0 Å². The van der Waals surface area contributed by atoms with E-state index in [0.29, 0.717) is 6.42 Å². The Bertz CT molecular complexity index is 176. The predicted octanol–water partition coefficient (Wildman–Crippen LogP) is 1.12. The minimum atomic E-state index is -0.974. The summed E-state index contributed by atoms with van der Waals surface area (Å²) in [5.41, 5.74) is -0.974. The third-order valence-electron chi connectivity index (χ3n) is 3.10. The Hall–Kier alpha value is -0.380. The number of hydrogen-bond donors (Lipinski definition) is 3. The van der Waals surface area contributed by atoms with Gasteiger partial charge in [-0.15, -0.1) is 6.58 Å². The lowest BCUT2D eigenvalue weighted by Gasteiger charge is -2.38. The highest BCUT2D eigenvalue weighted by Crippen LogP contribution is 2.28. The van der Waals surface area contributed by atoms with Crippen LogP contribution in [0, 0.1) is 11.8 Å². The first-order chi connectivity index (χ1) is 6.42. The molecule has 0 aliphatic carbocycles. The molecule has 0 aromatic heterocycles. The van der Waals surface area contributed by atoms with Gasteiger partial charge in [-0.1, -0.05) is 19.9 Å². The van der Waals surface area contributed by atoms with Crippen molar-refractivity contribution in [2.45, 2.75) is 39.0 Å². The van der Waals surface area contributed by atoms with E-state index in [4.69, 9.17) is 0 Å². The second-order valence-corrected chi connectivity index (χ2v) is 3.89. The number of hydrogen-bond acceptors (Lipinski definition) is 3. The zero-order valence-corrected chi connectivity index (χ0v) is 9.62. The van der Waals surface area contributed by atoms with Crippen LogP contribution in [0.4, 0.5) is 0 Å². The molecule has 3 N–H and O–H groups in total. The number of aliphatic hydroxyl groups excluding tert-OH is 1. The van der Waals surface area contributed by atoms with Crippen LogP contribution in [-0.2, 0) is 0 Å². The van der Waals surface area contributed by atoms with Gasteiger partial charge in [0.05, 0.1) is 6.10 Å². The van der Waals surface area contributed by atoms with Crippen molar-refractivity contribution in [3.63, 3.8) is 0 Å².